The van der Waals surface area contributed by atoms with Gasteiger partial charge in [0, 0.05) is 37.4 Å². The predicted molar refractivity (Wildman–Crippen MR) is 104 cm³/mol. The molecule has 0 radical (unpaired) electrons. The van der Waals surface area contributed by atoms with Crippen molar-refractivity contribution >= 4 is 5.97 Å². The molecule has 0 bridgehead atoms. The SMILES string of the molecule is Cc1nccc(C2CN(Cc3ccc(-c4ccccc4C(=O)O)cc3)C2)n1. The topological polar surface area (TPSA) is 66.3 Å². The molecule has 2 aromatic carbocycles. The van der Waals surface area contributed by atoms with E-state index in [1.54, 1.807) is 12.1 Å². The number of carboxylic acids is 1. The highest BCUT2D eigenvalue weighted by Crippen LogP contribution is 2.28. The van der Waals surface area contributed by atoms with Gasteiger partial charge in [-0.05, 0) is 35.7 Å². The van der Waals surface area contributed by atoms with Gasteiger partial charge in [-0.25, -0.2) is 14.8 Å². The van der Waals surface area contributed by atoms with Gasteiger partial charge in [-0.3, -0.25) is 4.90 Å². The molecule has 27 heavy (non-hydrogen) atoms. The van der Waals surface area contributed by atoms with Crippen LogP contribution in [-0.4, -0.2) is 39.0 Å². The van der Waals surface area contributed by atoms with Crippen molar-refractivity contribution in [3.05, 3.63) is 83.4 Å². The van der Waals surface area contributed by atoms with Crippen LogP contribution in [0.15, 0.2) is 60.8 Å². The molecule has 0 unspecified atom stereocenters. The highest BCUT2D eigenvalue weighted by atomic mass is 16.4. The number of rotatable bonds is 5. The van der Waals surface area contributed by atoms with Gasteiger partial charge < -0.3 is 5.11 Å². The first-order valence-electron chi connectivity index (χ1n) is 9.03. The zero-order valence-electron chi connectivity index (χ0n) is 15.2. The molecular weight excluding hydrogens is 338 g/mol. The van der Waals surface area contributed by atoms with Crippen LogP contribution in [-0.2, 0) is 6.54 Å². The van der Waals surface area contributed by atoms with Crippen molar-refractivity contribution in [2.75, 3.05) is 13.1 Å². The third kappa shape index (κ3) is 3.73. The minimum atomic E-state index is -0.902. The molecule has 5 nitrogen and oxygen atoms in total. The lowest BCUT2D eigenvalue weighted by Gasteiger charge is -2.39. The summed E-state index contributed by atoms with van der Waals surface area (Å²) in [7, 11) is 0. The van der Waals surface area contributed by atoms with Crippen LogP contribution in [0, 0.1) is 6.92 Å². The van der Waals surface area contributed by atoms with Gasteiger partial charge in [-0.1, -0.05) is 42.5 Å². The van der Waals surface area contributed by atoms with Gasteiger partial charge in [0.1, 0.15) is 5.82 Å². The molecule has 0 amide bonds. The van der Waals surface area contributed by atoms with Crippen molar-refractivity contribution in [1.82, 2.24) is 14.9 Å². The van der Waals surface area contributed by atoms with E-state index in [4.69, 9.17) is 0 Å². The van der Waals surface area contributed by atoms with Crippen LogP contribution >= 0.6 is 0 Å². The fourth-order valence-corrected chi connectivity index (χ4v) is 3.56. The summed E-state index contributed by atoms with van der Waals surface area (Å²) in [5, 5.41) is 9.36. The summed E-state index contributed by atoms with van der Waals surface area (Å²) >= 11 is 0. The number of hydrogen-bond donors (Lipinski definition) is 1. The lowest BCUT2D eigenvalue weighted by molar-refractivity contribution is 0.0697. The van der Waals surface area contributed by atoms with E-state index in [1.807, 2.05) is 43.5 Å². The first-order valence-corrected chi connectivity index (χ1v) is 9.03. The van der Waals surface area contributed by atoms with Gasteiger partial charge in [0.05, 0.1) is 5.56 Å². The second-order valence-electron chi connectivity index (χ2n) is 6.97. The highest BCUT2D eigenvalue weighted by molar-refractivity contribution is 5.95. The molecule has 1 aliphatic rings. The molecule has 1 aliphatic heterocycles. The minimum absolute atomic E-state index is 0.330. The van der Waals surface area contributed by atoms with Crippen molar-refractivity contribution in [2.45, 2.75) is 19.4 Å². The summed E-state index contributed by atoms with van der Waals surface area (Å²) in [6.07, 6.45) is 1.83. The Balaban J connectivity index is 1.40. The van der Waals surface area contributed by atoms with Crippen LogP contribution in [0.5, 0.6) is 0 Å². The van der Waals surface area contributed by atoms with Crippen molar-refractivity contribution in [3.8, 4) is 11.1 Å². The van der Waals surface area contributed by atoms with Crippen LogP contribution in [0.3, 0.4) is 0 Å². The van der Waals surface area contributed by atoms with Crippen LogP contribution in [0.25, 0.3) is 11.1 Å². The Bertz CT molecular complexity index is 963. The zero-order chi connectivity index (χ0) is 18.8. The van der Waals surface area contributed by atoms with Gasteiger partial charge in [0.15, 0.2) is 0 Å². The quantitative estimate of drug-likeness (QED) is 0.751. The normalized spacial score (nSPS) is 14.7. The molecule has 5 heteroatoms. The lowest BCUT2D eigenvalue weighted by atomic mass is 9.94. The number of carboxylic acid groups (broad SMARTS) is 1. The van der Waals surface area contributed by atoms with E-state index in [0.717, 1.165) is 42.3 Å². The molecule has 136 valence electrons. The molecule has 0 spiro atoms. The van der Waals surface area contributed by atoms with Crippen LogP contribution in [0.4, 0.5) is 0 Å². The average Bonchev–Trinajstić information content (AvgIpc) is 2.65. The highest BCUT2D eigenvalue weighted by Gasteiger charge is 2.29. The van der Waals surface area contributed by atoms with Gasteiger partial charge in [-0.2, -0.15) is 0 Å². The molecule has 3 aromatic rings. The van der Waals surface area contributed by atoms with Crippen molar-refractivity contribution in [1.29, 1.82) is 0 Å². The second-order valence-corrected chi connectivity index (χ2v) is 6.97. The van der Waals surface area contributed by atoms with Gasteiger partial charge in [-0.15, -0.1) is 0 Å². The predicted octanol–water partition coefficient (Wildman–Crippen LogP) is 3.75. The molecule has 1 saturated heterocycles. The fourth-order valence-electron chi connectivity index (χ4n) is 3.56. The maximum atomic E-state index is 11.4. The van der Waals surface area contributed by atoms with E-state index in [9.17, 15) is 9.90 Å². The summed E-state index contributed by atoms with van der Waals surface area (Å²) in [4.78, 5) is 22.5. The van der Waals surface area contributed by atoms with Crippen molar-refractivity contribution in [3.63, 3.8) is 0 Å². The number of aromatic carboxylic acids is 1. The Morgan fingerprint density at radius 2 is 1.85 bits per heavy atom. The molecule has 2 heterocycles. The van der Waals surface area contributed by atoms with E-state index < -0.39 is 5.97 Å². The number of nitrogens with zero attached hydrogens (tertiary/aromatic N) is 3. The fraction of sp³-hybridized carbons (Fsp3) is 0.227. The van der Waals surface area contributed by atoms with E-state index in [2.05, 4.69) is 27.0 Å². The largest absolute Gasteiger partial charge is 0.478 e. The van der Waals surface area contributed by atoms with Crippen LogP contribution in [0.1, 0.15) is 33.4 Å². The Labute approximate surface area is 158 Å². The summed E-state index contributed by atoms with van der Waals surface area (Å²) in [6.45, 7) is 4.81. The Morgan fingerprint density at radius 3 is 2.56 bits per heavy atom. The third-order valence-electron chi connectivity index (χ3n) is 5.00. The molecule has 0 aliphatic carbocycles. The summed E-state index contributed by atoms with van der Waals surface area (Å²) < 4.78 is 0. The minimum Gasteiger partial charge on any atom is -0.478 e. The maximum Gasteiger partial charge on any atom is 0.336 e. The molecule has 0 saturated carbocycles. The number of carbonyl (C=O) groups is 1. The van der Waals surface area contributed by atoms with E-state index >= 15 is 0 Å². The van der Waals surface area contributed by atoms with E-state index in [0.29, 0.717) is 11.5 Å². The number of hydrogen-bond acceptors (Lipinski definition) is 4. The number of aryl methyl sites for hydroxylation is 1. The lowest BCUT2D eigenvalue weighted by Crippen LogP contribution is -2.44. The van der Waals surface area contributed by atoms with E-state index in [1.165, 1.54) is 5.56 Å². The Kier molecular flexibility index (Phi) is 4.69. The van der Waals surface area contributed by atoms with Gasteiger partial charge in [0.25, 0.3) is 0 Å². The third-order valence-corrected chi connectivity index (χ3v) is 5.00. The second kappa shape index (κ2) is 7.29. The zero-order valence-corrected chi connectivity index (χ0v) is 15.2. The molecule has 0 atom stereocenters. The van der Waals surface area contributed by atoms with Crippen LogP contribution < -0.4 is 0 Å². The summed E-state index contributed by atoms with van der Waals surface area (Å²) in [5.41, 5.74) is 4.36. The summed E-state index contributed by atoms with van der Waals surface area (Å²) in [5.74, 6) is 0.401. The number of benzene rings is 2. The van der Waals surface area contributed by atoms with Gasteiger partial charge in [0.2, 0.25) is 0 Å². The van der Waals surface area contributed by atoms with Crippen molar-refractivity contribution in [2.24, 2.45) is 0 Å². The standard InChI is InChI=1S/C22H21N3O2/c1-15-23-11-10-21(24-15)18-13-25(14-18)12-16-6-8-17(9-7-16)19-4-2-3-5-20(19)22(26)27/h2-11,18H,12-14H2,1H3,(H,26,27). The number of likely N-dealkylation sites (tertiary alicyclic amines) is 1. The van der Waals surface area contributed by atoms with Crippen molar-refractivity contribution < 1.29 is 9.90 Å². The van der Waals surface area contributed by atoms with E-state index in [-0.39, 0.29) is 0 Å². The monoisotopic (exact) mass is 359 g/mol. The average molecular weight is 359 g/mol. The summed E-state index contributed by atoms with van der Waals surface area (Å²) in [6, 6.07) is 17.3. The Morgan fingerprint density at radius 1 is 1.11 bits per heavy atom. The molecular formula is C22H21N3O2. The smallest absolute Gasteiger partial charge is 0.336 e. The number of aromatic nitrogens is 2. The molecule has 1 fully saturated rings. The van der Waals surface area contributed by atoms with Crippen LogP contribution in [0.2, 0.25) is 0 Å². The first-order chi connectivity index (χ1) is 13.1. The first kappa shape index (κ1) is 17.4. The molecule has 1 aromatic heterocycles. The Hall–Kier alpha value is -3.05. The molecule has 4 rings (SSSR count). The maximum absolute atomic E-state index is 11.4. The molecule has 1 N–H and O–H groups in total. The van der Waals surface area contributed by atoms with Gasteiger partial charge >= 0.3 is 5.97 Å².